The highest BCUT2D eigenvalue weighted by Crippen LogP contribution is 2.50. The number of ether oxygens (including phenoxy) is 1. The highest BCUT2D eigenvalue weighted by Gasteiger charge is 2.33. The molecule has 0 aromatic heterocycles. The van der Waals surface area contributed by atoms with E-state index < -0.39 is 37.1 Å². The van der Waals surface area contributed by atoms with Gasteiger partial charge in [0.05, 0.1) is 0 Å². The Bertz CT molecular complexity index is 1140. The van der Waals surface area contributed by atoms with E-state index in [0.717, 1.165) is 11.5 Å². The SMILES string of the molecule is CC(C)[C@H](NP(=O)(Cl)Oc1cccc2ccccc12)C(=O)OCc1ccc(F)cc1F. The second kappa shape index (κ2) is 9.77. The molecule has 1 unspecified atom stereocenters. The van der Waals surface area contributed by atoms with E-state index >= 15 is 0 Å². The van der Waals surface area contributed by atoms with Crippen LogP contribution in [0.2, 0.25) is 0 Å². The predicted molar refractivity (Wildman–Crippen MR) is 116 cm³/mol. The molecule has 3 rings (SSSR count). The summed E-state index contributed by atoms with van der Waals surface area (Å²) < 4.78 is 50.4. The molecular weight excluding hydrogens is 447 g/mol. The number of benzene rings is 3. The van der Waals surface area contributed by atoms with E-state index in [4.69, 9.17) is 20.5 Å². The lowest BCUT2D eigenvalue weighted by Crippen LogP contribution is -2.40. The molecule has 0 aliphatic heterocycles. The Morgan fingerprint density at radius 3 is 2.52 bits per heavy atom. The molecule has 0 spiro atoms. The zero-order valence-corrected chi connectivity index (χ0v) is 18.5. The van der Waals surface area contributed by atoms with E-state index in [9.17, 15) is 18.1 Å². The zero-order chi connectivity index (χ0) is 22.6. The fourth-order valence-corrected chi connectivity index (χ4v) is 4.68. The van der Waals surface area contributed by atoms with Gasteiger partial charge in [-0.3, -0.25) is 4.79 Å². The summed E-state index contributed by atoms with van der Waals surface area (Å²) in [6.45, 7) is -1.01. The maximum atomic E-state index is 13.8. The van der Waals surface area contributed by atoms with E-state index in [1.165, 1.54) is 6.07 Å². The number of carbonyl (C=O) groups excluding carboxylic acids is 1. The van der Waals surface area contributed by atoms with Crippen molar-refractivity contribution in [1.29, 1.82) is 0 Å². The molecule has 0 bridgehead atoms. The molecule has 3 aromatic carbocycles. The number of halogens is 3. The van der Waals surface area contributed by atoms with Crippen molar-refractivity contribution < 1.29 is 27.4 Å². The highest BCUT2D eigenvalue weighted by molar-refractivity contribution is 7.84. The predicted octanol–water partition coefficient (Wildman–Crippen LogP) is 6.20. The Kier molecular flexibility index (Phi) is 7.31. The quantitative estimate of drug-likeness (QED) is 0.315. The van der Waals surface area contributed by atoms with Gasteiger partial charge >= 0.3 is 12.8 Å². The lowest BCUT2D eigenvalue weighted by Gasteiger charge is -2.24. The summed E-state index contributed by atoms with van der Waals surface area (Å²) in [5, 5.41) is 4.12. The minimum Gasteiger partial charge on any atom is -0.460 e. The molecule has 0 fully saturated rings. The summed E-state index contributed by atoms with van der Waals surface area (Å²) in [7, 11) is 0. The van der Waals surface area contributed by atoms with Crippen LogP contribution in [-0.2, 0) is 20.7 Å². The smallest absolute Gasteiger partial charge is 0.409 e. The number of nitrogens with one attached hydrogen (secondary N) is 1. The number of esters is 1. The first-order chi connectivity index (χ1) is 14.7. The summed E-state index contributed by atoms with van der Waals surface area (Å²) in [6, 6.07) is 14.4. The van der Waals surface area contributed by atoms with Crippen LogP contribution < -0.4 is 9.61 Å². The Morgan fingerprint density at radius 2 is 1.81 bits per heavy atom. The number of rotatable bonds is 8. The van der Waals surface area contributed by atoms with Crippen LogP contribution in [0.15, 0.2) is 60.7 Å². The van der Waals surface area contributed by atoms with Crippen LogP contribution in [0.1, 0.15) is 19.4 Å². The van der Waals surface area contributed by atoms with E-state index in [1.807, 2.05) is 24.3 Å². The topological polar surface area (TPSA) is 64.6 Å². The molecule has 0 aliphatic rings. The average molecular weight is 468 g/mol. The van der Waals surface area contributed by atoms with E-state index in [-0.39, 0.29) is 11.5 Å². The molecule has 0 radical (unpaired) electrons. The van der Waals surface area contributed by atoms with E-state index in [0.29, 0.717) is 17.2 Å². The van der Waals surface area contributed by atoms with Crippen molar-refractivity contribution in [1.82, 2.24) is 5.09 Å². The van der Waals surface area contributed by atoms with Crippen LogP contribution in [0.5, 0.6) is 5.75 Å². The van der Waals surface area contributed by atoms with Gasteiger partial charge in [0.2, 0.25) is 0 Å². The van der Waals surface area contributed by atoms with Crippen molar-refractivity contribution in [3.05, 3.63) is 77.9 Å². The Hall–Kier alpha value is -2.47. The summed E-state index contributed by atoms with van der Waals surface area (Å²) in [5.74, 6) is -2.42. The molecule has 5 nitrogen and oxygen atoms in total. The van der Waals surface area contributed by atoms with Crippen molar-refractivity contribution in [2.45, 2.75) is 26.5 Å². The molecule has 1 N–H and O–H groups in total. The van der Waals surface area contributed by atoms with Gasteiger partial charge in [0, 0.05) is 28.3 Å². The second-order valence-corrected chi connectivity index (χ2v) is 9.98. The van der Waals surface area contributed by atoms with Crippen LogP contribution in [0.4, 0.5) is 8.78 Å². The first-order valence-corrected chi connectivity index (χ1v) is 12.0. The van der Waals surface area contributed by atoms with Gasteiger partial charge in [-0.15, -0.1) is 0 Å². The Balaban J connectivity index is 1.71. The molecule has 2 atom stereocenters. The van der Waals surface area contributed by atoms with Gasteiger partial charge in [-0.2, -0.15) is 0 Å². The molecule has 3 aromatic rings. The average Bonchev–Trinajstić information content (AvgIpc) is 2.71. The number of fused-ring (bicyclic) bond motifs is 1. The molecule has 164 valence electrons. The lowest BCUT2D eigenvalue weighted by atomic mass is 10.1. The summed E-state index contributed by atoms with van der Waals surface area (Å²) >= 11 is 6.13. The fourth-order valence-electron chi connectivity index (χ4n) is 2.95. The van der Waals surface area contributed by atoms with Gasteiger partial charge in [0.25, 0.3) is 0 Å². The molecule has 31 heavy (non-hydrogen) atoms. The van der Waals surface area contributed by atoms with Gasteiger partial charge in [0.15, 0.2) is 0 Å². The largest absolute Gasteiger partial charge is 0.460 e. The van der Waals surface area contributed by atoms with Crippen LogP contribution in [0.3, 0.4) is 0 Å². The first-order valence-electron chi connectivity index (χ1n) is 9.52. The first kappa shape index (κ1) is 23.2. The second-order valence-electron chi connectivity index (χ2n) is 7.24. The van der Waals surface area contributed by atoms with Gasteiger partial charge in [-0.25, -0.2) is 18.4 Å². The van der Waals surface area contributed by atoms with Gasteiger partial charge in [-0.1, -0.05) is 50.2 Å². The van der Waals surface area contributed by atoms with Crippen LogP contribution >= 0.6 is 18.1 Å². The van der Waals surface area contributed by atoms with Crippen molar-refractivity contribution in [3.63, 3.8) is 0 Å². The van der Waals surface area contributed by atoms with Crippen LogP contribution in [0.25, 0.3) is 10.8 Å². The molecule has 0 aliphatic carbocycles. The van der Waals surface area contributed by atoms with Crippen molar-refractivity contribution >= 4 is 34.9 Å². The molecule has 0 saturated carbocycles. The Morgan fingerprint density at radius 1 is 1.10 bits per heavy atom. The minimum atomic E-state index is -4.00. The summed E-state index contributed by atoms with van der Waals surface area (Å²) in [5.41, 5.74) is 0.0123. The molecule has 0 amide bonds. The van der Waals surface area contributed by atoms with Crippen molar-refractivity contribution in [2.24, 2.45) is 5.92 Å². The Labute approximate surface area is 183 Å². The fraction of sp³-hybridized carbons (Fsp3) is 0.227. The maximum Gasteiger partial charge on any atom is 0.409 e. The molecule has 9 heteroatoms. The summed E-state index contributed by atoms with van der Waals surface area (Å²) in [4.78, 5) is 12.6. The number of hydrogen-bond acceptors (Lipinski definition) is 4. The highest BCUT2D eigenvalue weighted by atomic mass is 35.7. The maximum absolute atomic E-state index is 13.8. The monoisotopic (exact) mass is 467 g/mol. The minimum absolute atomic E-state index is 0.0123. The third-order valence-corrected chi connectivity index (χ3v) is 6.08. The van der Waals surface area contributed by atoms with Gasteiger partial charge in [0.1, 0.15) is 30.0 Å². The van der Waals surface area contributed by atoms with Crippen LogP contribution in [0, 0.1) is 17.6 Å². The lowest BCUT2D eigenvalue weighted by molar-refractivity contribution is -0.148. The zero-order valence-electron chi connectivity index (χ0n) is 16.8. The molecule has 0 saturated heterocycles. The van der Waals surface area contributed by atoms with Crippen molar-refractivity contribution in [3.8, 4) is 5.75 Å². The third kappa shape index (κ3) is 6.03. The van der Waals surface area contributed by atoms with Crippen molar-refractivity contribution in [2.75, 3.05) is 0 Å². The molecule has 0 heterocycles. The summed E-state index contributed by atoms with van der Waals surface area (Å²) in [6.07, 6.45) is 0. The molecular formula is C22H21ClF2NO4P. The third-order valence-electron chi connectivity index (χ3n) is 4.56. The number of carbonyl (C=O) groups is 1. The standard InChI is InChI=1S/C22H21ClF2NO4P/c1-14(2)21(22(27)29-13-16-10-11-17(24)12-19(16)25)26-31(23,28)30-20-9-5-7-15-6-3-4-8-18(15)20/h3-12,14,21H,13H2,1-2H3,(H,26,28)/t21-,31?/m0/s1. The number of hydrogen-bond donors (Lipinski definition) is 1. The van der Waals surface area contributed by atoms with Gasteiger partial charge in [-0.05, 0) is 29.5 Å². The van der Waals surface area contributed by atoms with Crippen LogP contribution in [-0.4, -0.2) is 12.0 Å². The van der Waals surface area contributed by atoms with E-state index in [1.54, 1.807) is 32.0 Å². The van der Waals surface area contributed by atoms with Gasteiger partial charge < -0.3 is 9.26 Å². The normalized spacial score (nSPS) is 14.3. The van der Waals surface area contributed by atoms with E-state index in [2.05, 4.69) is 5.09 Å².